The molecule has 11 rings (SSSR count). The number of furan rings is 2. The van der Waals surface area contributed by atoms with Gasteiger partial charge in [0.1, 0.15) is 11.2 Å². The van der Waals surface area contributed by atoms with Crippen molar-refractivity contribution in [1.29, 1.82) is 0 Å². The van der Waals surface area contributed by atoms with Crippen molar-refractivity contribution >= 4 is 61.9 Å². The molecule has 1 aliphatic rings. The molecule has 3 aromatic heterocycles. The van der Waals surface area contributed by atoms with E-state index in [-0.39, 0.29) is 0 Å². The summed E-state index contributed by atoms with van der Waals surface area (Å²) in [5.74, 6) is 0.826. The molecule has 0 aliphatic carbocycles. The van der Waals surface area contributed by atoms with Crippen molar-refractivity contribution in [3.8, 4) is 44.5 Å². The molecule has 0 amide bonds. The van der Waals surface area contributed by atoms with Gasteiger partial charge in [0.05, 0.1) is 6.20 Å². The van der Waals surface area contributed by atoms with Crippen LogP contribution in [0, 0.1) is 0 Å². The second kappa shape index (κ2) is 13.6. The number of fused-ring (bicyclic) bond motifs is 6. The summed E-state index contributed by atoms with van der Waals surface area (Å²) in [7, 11) is 0. The van der Waals surface area contributed by atoms with Crippen LogP contribution in [0.3, 0.4) is 0 Å². The molecule has 7 aromatic carbocycles. The Hall–Kier alpha value is -7.63. The van der Waals surface area contributed by atoms with Gasteiger partial charge in [-0.15, -0.1) is 0 Å². The highest BCUT2D eigenvalue weighted by Crippen LogP contribution is 2.43. The molecule has 0 saturated heterocycles. The molecule has 0 spiro atoms. The summed E-state index contributed by atoms with van der Waals surface area (Å²) in [5.41, 5.74) is 15.7. The molecule has 1 aliphatic heterocycles. The zero-order valence-electron chi connectivity index (χ0n) is 30.9. The minimum atomic E-state index is 0.762. The first kappa shape index (κ1) is 32.8. The van der Waals surface area contributed by atoms with E-state index in [0.29, 0.717) is 0 Å². The van der Waals surface area contributed by atoms with Crippen LogP contribution in [-0.2, 0) is 0 Å². The Labute approximate surface area is 329 Å². The van der Waals surface area contributed by atoms with Crippen LogP contribution in [-0.4, -0.2) is 11.5 Å². The van der Waals surface area contributed by atoms with E-state index in [1.54, 1.807) is 6.20 Å². The predicted molar refractivity (Wildman–Crippen MR) is 235 cm³/mol. The van der Waals surface area contributed by atoms with E-state index in [1.807, 2.05) is 12.3 Å². The fraction of sp³-hybridized carbons (Fsp3) is 0.0192. The largest absolute Gasteiger partial charge is 0.454 e. The molecule has 0 atom stereocenters. The van der Waals surface area contributed by atoms with Gasteiger partial charge in [-0.2, -0.15) is 0 Å². The standard InChI is InChI=1S/C52H35N3O2/c1-3-10-34(11-4-1)38-30-39(35-12-5-2-6-13-35)32-42(31-38)55(40-23-19-36(20-24-40)43-14-7-16-46-45-27-29-53-33-49(45)56-50(43)46)41-25-21-37(22-26-41)44-15-8-17-47-48-18-9-28-54-52(48)57-51(44)47/h1-27,29-33,54H,28H2. The Balaban J connectivity index is 1.06. The van der Waals surface area contributed by atoms with Crippen molar-refractivity contribution in [2.24, 2.45) is 0 Å². The van der Waals surface area contributed by atoms with Crippen LogP contribution in [0.4, 0.5) is 22.9 Å². The average Bonchev–Trinajstić information content (AvgIpc) is 3.87. The minimum absolute atomic E-state index is 0.762. The van der Waals surface area contributed by atoms with Crippen LogP contribution in [0.2, 0.25) is 0 Å². The highest BCUT2D eigenvalue weighted by Gasteiger charge is 2.20. The van der Waals surface area contributed by atoms with Crippen molar-refractivity contribution in [3.05, 3.63) is 194 Å². The summed E-state index contributed by atoms with van der Waals surface area (Å²) < 4.78 is 12.8. The SMILES string of the molecule is C1=Cc2c(oc3c(-c4ccc(N(c5ccc(-c6cccc7c6oc6cnccc67)cc5)c5cc(-c6ccccc6)cc(-c6ccccc6)c5)cc4)cccc23)NC1. The molecule has 5 heteroatoms. The van der Waals surface area contributed by atoms with Crippen LogP contribution in [0.25, 0.3) is 83.5 Å². The normalized spacial score (nSPS) is 12.2. The quantitative estimate of drug-likeness (QED) is 0.177. The summed E-state index contributed by atoms with van der Waals surface area (Å²) in [6.45, 7) is 0.762. The van der Waals surface area contributed by atoms with Gasteiger partial charge < -0.3 is 19.1 Å². The molecule has 0 radical (unpaired) electrons. The van der Waals surface area contributed by atoms with E-state index >= 15 is 0 Å². The van der Waals surface area contributed by atoms with E-state index in [9.17, 15) is 0 Å². The van der Waals surface area contributed by atoms with Gasteiger partial charge in [0.15, 0.2) is 5.58 Å². The lowest BCUT2D eigenvalue weighted by molar-refractivity contribution is 0.629. The van der Waals surface area contributed by atoms with Crippen molar-refractivity contribution in [3.63, 3.8) is 0 Å². The van der Waals surface area contributed by atoms with E-state index in [4.69, 9.17) is 8.83 Å². The van der Waals surface area contributed by atoms with Gasteiger partial charge in [0.2, 0.25) is 5.88 Å². The smallest absolute Gasteiger partial charge is 0.201 e. The van der Waals surface area contributed by atoms with Crippen molar-refractivity contribution < 1.29 is 8.83 Å². The highest BCUT2D eigenvalue weighted by molar-refractivity contribution is 6.09. The molecule has 0 saturated carbocycles. The van der Waals surface area contributed by atoms with Crippen molar-refractivity contribution in [1.82, 2.24) is 4.98 Å². The van der Waals surface area contributed by atoms with Crippen molar-refractivity contribution in [2.75, 3.05) is 16.8 Å². The Kier molecular flexibility index (Phi) is 7.81. The monoisotopic (exact) mass is 733 g/mol. The second-order valence-corrected chi connectivity index (χ2v) is 14.4. The number of rotatable bonds is 7. The number of pyridine rings is 1. The van der Waals surface area contributed by atoms with E-state index in [2.05, 4.69) is 191 Å². The van der Waals surface area contributed by atoms with Gasteiger partial charge >= 0.3 is 0 Å². The highest BCUT2D eigenvalue weighted by atomic mass is 16.4. The number of anilines is 4. The van der Waals surface area contributed by atoms with Gasteiger partial charge in [0, 0.05) is 62.7 Å². The zero-order chi connectivity index (χ0) is 37.7. The van der Waals surface area contributed by atoms with Gasteiger partial charge in [0.25, 0.3) is 0 Å². The van der Waals surface area contributed by atoms with Crippen LogP contribution in [0.15, 0.2) is 197 Å². The maximum atomic E-state index is 6.41. The molecule has 1 N–H and O–H groups in total. The molecule has 10 aromatic rings. The predicted octanol–water partition coefficient (Wildman–Crippen LogP) is 14.3. The molecule has 4 heterocycles. The van der Waals surface area contributed by atoms with Gasteiger partial charge in [-0.1, -0.05) is 133 Å². The van der Waals surface area contributed by atoms with Gasteiger partial charge in [-0.25, -0.2) is 0 Å². The van der Waals surface area contributed by atoms with E-state index in [0.717, 1.165) is 112 Å². The summed E-state index contributed by atoms with van der Waals surface area (Å²) in [4.78, 5) is 6.64. The molecular formula is C52H35N3O2. The molecule has 0 fully saturated rings. The third kappa shape index (κ3) is 5.76. The molecule has 5 nitrogen and oxygen atoms in total. The fourth-order valence-corrected chi connectivity index (χ4v) is 8.23. The third-order valence-electron chi connectivity index (χ3n) is 11.0. The second-order valence-electron chi connectivity index (χ2n) is 14.4. The molecule has 270 valence electrons. The average molecular weight is 734 g/mol. The summed E-state index contributed by atoms with van der Waals surface area (Å²) in [6, 6.07) is 60.5. The van der Waals surface area contributed by atoms with Gasteiger partial charge in [-0.05, 0) is 81.9 Å². The topological polar surface area (TPSA) is 54.4 Å². The number of hydrogen-bond donors (Lipinski definition) is 1. The maximum absolute atomic E-state index is 6.41. The van der Waals surface area contributed by atoms with Crippen molar-refractivity contribution in [2.45, 2.75) is 0 Å². The Morgan fingerprint density at radius 1 is 0.474 bits per heavy atom. The Morgan fingerprint density at radius 2 is 1.07 bits per heavy atom. The molecule has 57 heavy (non-hydrogen) atoms. The number of para-hydroxylation sites is 2. The maximum Gasteiger partial charge on any atom is 0.201 e. The minimum Gasteiger partial charge on any atom is -0.454 e. The Bertz CT molecular complexity index is 3050. The van der Waals surface area contributed by atoms with Crippen LogP contribution >= 0.6 is 0 Å². The molecule has 0 bridgehead atoms. The number of benzene rings is 7. The first-order valence-corrected chi connectivity index (χ1v) is 19.2. The lowest BCUT2D eigenvalue weighted by atomic mass is 9.97. The van der Waals surface area contributed by atoms with Crippen LogP contribution in [0.1, 0.15) is 5.56 Å². The van der Waals surface area contributed by atoms with E-state index < -0.39 is 0 Å². The van der Waals surface area contributed by atoms with Crippen LogP contribution < -0.4 is 10.2 Å². The molecule has 0 unspecified atom stereocenters. The number of nitrogens with one attached hydrogen (secondary N) is 1. The summed E-state index contributed by atoms with van der Waals surface area (Å²) in [5, 5.41) is 6.64. The number of hydrogen-bond acceptors (Lipinski definition) is 5. The van der Waals surface area contributed by atoms with E-state index in [1.165, 1.54) is 0 Å². The molecular weight excluding hydrogens is 699 g/mol. The third-order valence-corrected chi connectivity index (χ3v) is 11.0. The lowest BCUT2D eigenvalue weighted by Crippen LogP contribution is -2.10. The lowest BCUT2D eigenvalue weighted by Gasteiger charge is -2.27. The summed E-state index contributed by atoms with van der Waals surface area (Å²) in [6.07, 6.45) is 7.88. The number of aromatic nitrogens is 1. The first-order valence-electron chi connectivity index (χ1n) is 19.2. The number of nitrogens with zero attached hydrogens (tertiary/aromatic N) is 2. The fourth-order valence-electron chi connectivity index (χ4n) is 8.23. The first-order chi connectivity index (χ1) is 28.2. The zero-order valence-corrected chi connectivity index (χ0v) is 30.9. The van der Waals surface area contributed by atoms with Gasteiger partial charge in [-0.3, -0.25) is 4.98 Å². The van der Waals surface area contributed by atoms with Crippen LogP contribution in [0.5, 0.6) is 0 Å². The Morgan fingerprint density at radius 3 is 1.70 bits per heavy atom. The summed E-state index contributed by atoms with van der Waals surface area (Å²) >= 11 is 0.